The Hall–Kier alpha value is -2.46. The summed E-state index contributed by atoms with van der Waals surface area (Å²) in [4.78, 5) is 15.0. The van der Waals surface area contributed by atoms with Crippen LogP contribution in [0.25, 0.3) is 0 Å². The Morgan fingerprint density at radius 1 is 1.56 bits per heavy atom. The van der Waals surface area contributed by atoms with E-state index < -0.39 is 4.92 Å². The molecule has 2 aromatic rings. The number of thiazole rings is 1. The van der Waals surface area contributed by atoms with Crippen LogP contribution in [0.5, 0.6) is 5.75 Å². The van der Waals surface area contributed by atoms with Crippen molar-refractivity contribution in [3.63, 3.8) is 0 Å². The van der Waals surface area contributed by atoms with E-state index in [1.54, 1.807) is 11.7 Å². The summed E-state index contributed by atoms with van der Waals surface area (Å²) in [5, 5.41) is 19.6. The van der Waals surface area contributed by atoms with E-state index in [1.807, 2.05) is 6.07 Å². The molecular formula is C11H7N3O3S. The molecule has 6 nitrogen and oxygen atoms in total. The van der Waals surface area contributed by atoms with Gasteiger partial charge in [0.15, 0.2) is 5.75 Å². The molecule has 0 radical (unpaired) electrons. The second-order valence-electron chi connectivity index (χ2n) is 3.31. The van der Waals surface area contributed by atoms with Crippen molar-refractivity contribution in [1.82, 2.24) is 4.98 Å². The van der Waals surface area contributed by atoms with Gasteiger partial charge in [-0.05, 0) is 12.1 Å². The number of nitriles is 1. The molecule has 0 spiro atoms. The number of nitrogens with zero attached hydrogens (tertiary/aromatic N) is 3. The fraction of sp³-hybridized carbons (Fsp3) is 0.0909. The molecule has 2 rings (SSSR count). The average Bonchev–Trinajstić information content (AvgIpc) is 2.89. The van der Waals surface area contributed by atoms with Crippen molar-refractivity contribution in [1.29, 1.82) is 5.26 Å². The van der Waals surface area contributed by atoms with Crippen LogP contribution in [0.2, 0.25) is 0 Å². The first-order valence-corrected chi connectivity index (χ1v) is 5.77. The van der Waals surface area contributed by atoms with Crippen LogP contribution in [0.15, 0.2) is 29.9 Å². The van der Waals surface area contributed by atoms with Gasteiger partial charge in [-0.25, -0.2) is 0 Å². The van der Waals surface area contributed by atoms with Gasteiger partial charge in [0.1, 0.15) is 6.61 Å². The summed E-state index contributed by atoms with van der Waals surface area (Å²) in [5.74, 6) is 0.146. The SMILES string of the molecule is N#Cc1ccc(OCc2cncs2)c([N+](=O)[O-])c1. The zero-order valence-electron chi connectivity index (χ0n) is 9.07. The quantitative estimate of drug-likeness (QED) is 0.623. The maximum absolute atomic E-state index is 10.9. The summed E-state index contributed by atoms with van der Waals surface area (Å²) in [6.07, 6.45) is 1.64. The van der Waals surface area contributed by atoms with Gasteiger partial charge in [0.25, 0.3) is 0 Å². The van der Waals surface area contributed by atoms with Gasteiger partial charge in [0.05, 0.1) is 26.9 Å². The molecule has 0 N–H and O–H groups in total. The van der Waals surface area contributed by atoms with E-state index in [2.05, 4.69) is 4.98 Å². The molecule has 0 bridgehead atoms. The predicted octanol–water partition coefficient (Wildman–Crippen LogP) is 2.50. The van der Waals surface area contributed by atoms with Gasteiger partial charge in [0, 0.05) is 12.3 Å². The molecule has 1 heterocycles. The summed E-state index contributed by atoms with van der Waals surface area (Å²) >= 11 is 1.41. The van der Waals surface area contributed by atoms with E-state index in [-0.39, 0.29) is 23.6 Å². The Bertz CT molecular complexity index is 604. The molecule has 0 saturated heterocycles. The highest BCUT2D eigenvalue weighted by Gasteiger charge is 2.16. The van der Waals surface area contributed by atoms with Crippen LogP contribution in [0.1, 0.15) is 10.4 Å². The topological polar surface area (TPSA) is 89.0 Å². The van der Waals surface area contributed by atoms with Crippen molar-refractivity contribution in [2.24, 2.45) is 0 Å². The van der Waals surface area contributed by atoms with Crippen LogP contribution in [-0.4, -0.2) is 9.91 Å². The van der Waals surface area contributed by atoms with E-state index in [4.69, 9.17) is 10.00 Å². The van der Waals surface area contributed by atoms with Crippen molar-refractivity contribution >= 4 is 17.0 Å². The highest BCUT2D eigenvalue weighted by molar-refractivity contribution is 7.09. The first-order chi connectivity index (χ1) is 8.70. The molecular weight excluding hydrogens is 254 g/mol. The summed E-state index contributed by atoms with van der Waals surface area (Å²) < 4.78 is 5.36. The molecule has 0 atom stereocenters. The lowest BCUT2D eigenvalue weighted by Crippen LogP contribution is -1.98. The first-order valence-electron chi connectivity index (χ1n) is 4.89. The normalized spacial score (nSPS) is 9.72. The van der Waals surface area contributed by atoms with Gasteiger partial charge in [-0.2, -0.15) is 5.26 Å². The predicted molar refractivity (Wildman–Crippen MR) is 64.3 cm³/mol. The lowest BCUT2D eigenvalue weighted by molar-refractivity contribution is -0.386. The third kappa shape index (κ3) is 2.61. The number of benzene rings is 1. The van der Waals surface area contributed by atoms with Crippen LogP contribution in [0.3, 0.4) is 0 Å². The van der Waals surface area contributed by atoms with Crippen molar-refractivity contribution in [3.05, 3.63) is 50.5 Å². The minimum atomic E-state index is -0.567. The minimum Gasteiger partial charge on any atom is -0.481 e. The first kappa shape index (κ1) is 12.0. The van der Waals surface area contributed by atoms with Crippen LogP contribution in [-0.2, 0) is 6.61 Å². The maximum atomic E-state index is 10.9. The van der Waals surface area contributed by atoms with Crippen LogP contribution >= 0.6 is 11.3 Å². The molecule has 0 fully saturated rings. The lowest BCUT2D eigenvalue weighted by atomic mass is 10.2. The number of ether oxygens (including phenoxy) is 1. The fourth-order valence-corrected chi connectivity index (χ4v) is 1.82. The van der Waals surface area contributed by atoms with Gasteiger partial charge in [-0.1, -0.05) is 0 Å². The smallest absolute Gasteiger partial charge is 0.312 e. The third-order valence-corrected chi connectivity index (χ3v) is 2.89. The highest BCUT2D eigenvalue weighted by atomic mass is 32.1. The van der Waals surface area contributed by atoms with Crippen molar-refractivity contribution in [3.8, 4) is 11.8 Å². The fourth-order valence-electron chi connectivity index (χ4n) is 1.31. The van der Waals surface area contributed by atoms with Crippen molar-refractivity contribution < 1.29 is 9.66 Å². The molecule has 0 unspecified atom stereocenters. The number of rotatable bonds is 4. The van der Waals surface area contributed by atoms with Gasteiger partial charge >= 0.3 is 5.69 Å². The molecule has 0 aliphatic rings. The monoisotopic (exact) mass is 261 g/mol. The van der Waals surface area contributed by atoms with Crippen LogP contribution < -0.4 is 4.74 Å². The number of hydrogen-bond donors (Lipinski definition) is 0. The molecule has 0 aliphatic carbocycles. The molecule has 18 heavy (non-hydrogen) atoms. The molecule has 1 aromatic carbocycles. The molecule has 90 valence electrons. The molecule has 0 aliphatic heterocycles. The third-order valence-electron chi connectivity index (χ3n) is 2.14. The molecule has 0 amide bonds. The molecule has 0 saturated carbocycles. The highest BCUT2D eigenvalue weighted by Crippen LogP contribution is 2.28. The molecule has 7 heteroatoms. The number of nitro groups is 1. The number of aromatic nitrogens is 1. The van der Waals surface area contributed by atoms with Gasteiger partial charge in [-0.3, -0.25) is 15.1 Å². The van der Waals surface area contributed by atoms with E-state index in [0.717, 1.165) is 4.88 Å². The Morgan fingerprint density at radius 2 is 2.39 bits per heavy atom. The van der Waals surface area contributed by atoms with Crippen molar-refractivity contribution in [2.75, 3.05) is 0 Å². The average molecular weight is 261 g/mol. The largest absolute Gasteiger partial charge is 0.481 e. The zero-order chi connectivity index (χ0) is 13.0. The Kier molecular flexibility index (Phi) is 3.50. The van der Waals surface area contributed by atoms with Gasteiger partial charge in [-0.15, -0.1) is 11.3 Å². The Morgan fingerprint density at radius 3 is 3.00 bits per heavy atom. The van der Waals surface area contributed by atoms with E-state index in [1.165, 1.54) is 29.5 Å². The molecule has 1 aromatic heterocycles. The Labute approximate surface area is 106 Å². The van der Waals surface area contributed by atoms with E-state index in [0.29, 0.717) is 0 Å². The second kappa shape index (κ2) is 5.25. The van der Waals surface area contributed by atoms with Gasteiger partial charge < -0.3 is 4.74 Å². The second-order valence-corrected chi connectivity index (χ2v) is 4.28. The van der Waals surface area contributed by atoms with Crippen LogP contribution in [0, 0.1) is 21.4 Å². The summed E-state index contributed by atoms with van der Waals surface area (Å²) in [6, 6.07) is 5.96. The van der Waals surface area contributed by atoms with E-state index >= 15 is 0 Å². The lowest BCUT2D eigenvalue weighted by Gasteiger charge is -2.05. The Balaban J connectivity index is 2.22. The zero-order valence-corrected chi connectivity index (χ0v) is 9.88. The summed E-state index contributed by atoms with van der Waals surface area (Å²) in [7, 11) is 0. The number of nitro benzene ring substituents is 1. The minimum absolute atomic E-state index is 0.146. The summed E-state index contributed by atoms with van der Waals surface area (Å²) in [6.45, 7) is 0.220. The van der Waals surface area contributed by atoms with Gasteiger partial charge in [0.2, 0.25) is 0 Å². The summed E-state index contributed by atoms with van der Waals surface area (Å²) in [5.41, 5.74) is 1.68. The van der Waals surface area contributed by atoms with E-state index in [9.17, 15) is 10.1 Å². The van der Waals surface area contributed by atoms with Crippen molar-refractivity contribution in [2.45, 2.75) is 6.61 Å². The number of hydrogen-bond acceptors (Lipinski definition) is 6. The standard InChI is InChI=1S/C11H7N3O3S/c12-4-8-1-2-11(10(3-8)14(15)16)17-6-9-5-13-7-18-9/h1-3,5,7H,6H2. The van der Waals surface area contributed by atoms with Crippen LogP contribution in [0.4, 0.5) is 5.69 Å². The maximum Gasteiger partial charge on any atom is 0.312 e.